The van der Waals surface area contributed by atoms with Crippen LogP contribution in [-0.2, 0) is 7.05 Å². The van der Waals surface area contributed by atoms with Gasteiger partial charge in [-0.15, -0.1) is 0 Å². The molecule has 0 fully saturated rings. The van der Waals surface area contributed by atoms with Crippen molar-refractivity contribution in [1.29, 1.82) is 0 Å². The van der Waals surface area contributed by atoms with Crippen molar-refractivity contribution in [2.45, 2.75) is 0 Å². The standard InChI is InChI=1S/C26H20IN3O2/c1-29-16-17(21-5-3-4-6-24(21)29)7-14-25-28-23-13-8-18(27)15-22(23)26(31)30(25)19-9-11-20(32-2)12-10-19/h3-16H,1-2H3. The quantitative estimate of drug-likeness (QED) is 0.280. The Morgan fingerprint density at radius 1 is 0.969 bits per heavy atom. The molecule has 0 aliphatic carbocycles. The van der Waals surface area contributed by atoms with Crippen LogP contribution < -0.4 is 10.3 Å². The molecule has 2 aromatic heterocycles. The number of aryl methyl sites for hydroxylation is 1. The second-order valence-corrected chi connectivity index (χ2v) is 8.76. The zero-order valence-electron chi connectivity index (χ0n) is 17.6. The van der Waals surface area contributed by atoms with Crippen molar-refractivity contribution in [3.63, 3.8) is 0 Å². The van der Waals surface area contributed by atoms with Crippen molar-refractivity contribution >= 4 is 56.5 Å². The van der Waals surface area contributed by atoms with Gasteiger partial charge in [0.25, 0.3) is 5.56 Å². The molecule has 0 saturated heterocycles. The second-order valence-electron chi connectivity index (χ2n) is 7.52. The zero-order valence-corrected chi connectivity index (χ0v) is 19.8. The Bertz CT molecular complexity index is 1550. The van der Waals surface area contributed by atoms with E-state index in [1.165, 1.54) is 0 Å². The van der Waals surface area contributed by atoms with Gasteiger partial charge in [0, 0.05) is 33.3 Å². The average Bonchev–Trinajstić information content (AvgIpc) is 3.14. The van der Waals surface area contributed by atoms with Crippen molar-refractivity contribution < 1.29 is 4.74 Å². The van der Waals surface area contributed by atoms with Crippen LogP contribution in [-0.4, -0.2) is 21.2 Å². The van der Waals surface area contributed by atoms with Gasteiger partial charge in [0.1, 0.15) is 11.6 Å². The molecule has 32 heavy (non-hydrogen) atoms. The van der Waals surface area contributed by atoms with E-state index < -0.39 is 0 Å². The topological polar surface area (TPSA) is 49.0 Å². The smallest absolute Gasteiger partial charge is 0.266 e. The number of fused-ring (bicyclic) bond motifs is 2. The number of ether oxygens (including phenoxy) is 1. The first-order valence-electron chi connectivity index (χ1n) is 10.1. The number of aromatic nitrogens is 3. The highest BCUT2D eigenvalue weighted by atomic mass is 127. The van der Waals surface area contributed by atoms with E-state index in [1.54, 1.807) is 11.7 Å². The van der Waals surface area contributed by atoms with Gasteiger partial charge < -0.3 is 9.30 Å². The molecule has 6 heteroatoms. The number of benzene rings is 3. The van der Waals surface area contributed by atoms with Gasteiger partial charge in [-0.2, -0.15) is 0 Å². The zero-order chi connectivity index (χ0) is 22.2. The van der Waals surface area contributed by atoms with Crippen molar-refractivity contribution in [3.8, 4) is 11.4 Å². The molecule has 5 nitrogen and oxygen atoms in total. The van der Waals surface area contributed by atoms with Crippen molar-refractivity contribution in [3.05, 3.63) is 98.2 Å². The van der Waals surface area contributed by atoms with Crippen LogP contribution in [0.15, 0.2) is 77.7 Å². The van der Waals surface area contributed by atoms with Crippen molar-refractivity contribution in [2.75, 3.05) is 7.11 Å². The lowest BCUT2D eigenvalue weighted by atomic mass is 10.1. The number of hydrogen-bond acceptors (Lipinski definition) is 3. The van der Waals surface area contributed by atoms with Crippen LogP contribution in [0, 0.1) is 3.57 Å². The van der Waals surface area contributed by atoms with Gasteiger partial charge in [-0.1, -0.05) is 18.2 Å². The maximum Gasteiger partial charge on any atom is 0.266 e. The van der Waals surface area contributed by atoms with E-state index in [-0.39, 0.29) is 5.56 Å². The van der Waals surface area contributed by atoms with Gasteiger partial charge in [0.15, 0.2) is 0 Å². The summed E-state index contributed by atoms with van der Waals surface area (Å²) in [6, 6.07) is 21.4. The third-order valence-electron chi connectivity index (χ3n) is 5.53. The fourth-order valence-electron chi connectivity index (χ4n) is 3.94. The van der Waals surface area contributed by atoms with E-state index in [4.69, 9.17) is 9.72 Å². The summed E-state index contributed by atoms with van der Waals surface area (Å²) in [7, 11) is 3.65. The highest BCUT2D eigenvalue weighted by Crippen LogP contribution is 2.23. The third kappa shape index (κ3) is 3.60. The second kappa shape index (κ2) is 8.27. The minimum atomic E-state index is -0.101. The fourth-order valence-corrected chi connectivity index (χ4v) is 4.43. The molecule has 0 N–H and O–H groups in total. The van der Waals surface area contributed by atoms with E-state index in [0.29, 0.717) is 16.7 Å². The number of halogens is 1. The minimum absolute atomic E-state index is 0.101. The van der Waals surface area contributed by atoms with E-state index in [2.05, 4.69) is 45.5 Å². The predicted molar refractivity (Wildman–Crippen MR) is 138 cm³/mol. The summed E-state index contributed by atoms with van der Waals surface area (Å²) in [5, 5.41) is 1.75. The Kier molecular flexibility index (Phi) is 5.30. The van der Waals surface area contributed by atoms with Gasteiger partial charge in [-0.25, -0.2) is 4.98 Å². The number of methoxy groups -OCH3 is 1. The number of rotatable bonds is 4. The lowest BCUT2D eigenvalue weighted by Crippen LogP contribution is -2.22. The maximum atomic E-state index is 13.5. The van der Waals surface area contributed by atoms with E-state index in [9.17, 15) is 4.79 Å². The molecule has 0 radical (unpaired) electrons. The highest BCUT2D eigenvalue weighted by molar-refractivity contribution is 14.1. The summed E-state index contributed by atoms with van der Waals surface area (Å²) in [5.74, 6) is 1.31. The molecule has 0 unspecified atom stereocenters. The summed E-state index contributed by atoms with van der Waals surface area (Å²) in [4.78, 5) is 18.4. The van der Waals surface area contributed by atoms with Crippen molar-refractivity contribution in [1.82, 2.24) is 14.1 Å². The Morgan fingerprint density at radius 2 is 1.75 bits per heavy atom. The Labute approximate surface area is 198 Å². The first kappa shape index (κ1) is 20.5. The lowest BCUT2D eigenvalue weighted by molar-refractivity contribution is 0.414. The SMILES string of the molecule is COc1ccc(-n2c(C=Cc3cn(C)c4ccccc34)nc3ccc(I)cc3c2=O)cc1. The summed E-state index contributed by atoms with van der Waals surface area (Å²) in [6.07, 6.45) is 6.01. The molecular weight excluding hydrogens is 513 g/mol. The Morgan fingerprint density at radius 3 is 2.53 bits per heavy atom. The van der Waals surface area contributed by atoms with Crippen LogP contribution in [0.5, 0.6) is 5.75 Å². The maximum absolute atomic E-state index is 13.5. The van der Waals surface area contributed by atoms with Gasteiger partial charge >= 0.3 is 0 Å². The molecule has 0 aliphatic heterocycles. The van der Waals surface area contributed by atoms with E-state index in [0.717, 1.165) is 31.5 Å². The fraction of sp³-hybridized carbons (Fsp3) is 0.0769. The molecule has 0 spiro atoms. The average molecular weight is 533 g/mol. The molecule has 3 aromatic carbocycles. The Balaban J connectivity index is 1.72. The minimum Gasteiger partial charge on any atom is -0.497 e. The summed E-state index contributed by atoms with van der Waals surface area (Å²) < 4.78 is 10.0. The molecule has 5 aromatic rings. The van der Waals surface area contributed by atoms with Crippen LogP contribution in [0.1, 0.15) is 11.4 Å². The monoisotopic (exact) mass is 533 g/mol. The normalized spacial score (nSPS) is 11.6. The summed E-state index contributed by atoms with van der Waals surface area (Å²) >= 11 is 2.21. The van der Waals surface area contributed by atoms with Crippen molar-refractivity contribution in [2.24, 2.45) is 7.05 Å². The molecule has 0 aliphatic rings. The molecule has 0 amide bonds. The molecule has 0 bridgehead atoms. The van der Waals surface area contributed by atoms with Crippen LogP contribution in [0.3, 0.4) is 0 Å². The first-order chi connectivity index (χ1) is 15.5. The lowest BCUT2D eigenvalue weighted by Gasteiger charge is -2.12. The van der Waals surface area contributed by atoms with E-state index >= 15 is 0 Å². The molecule has 158 valence electrons. The number of hydrogen-bond donors (Lipinski definition) is 0. The van der Waals surface area contributed by atoms with Crippen LogP contribution >= 0.6 is 22.6 Å². The van der Waals surface area contributed by atoms with Gasteiger partial charge in [0.05, 0.1) is 23.7 Å². The van der Waals surface area contributed by atoms with Gasteiger partial charge in [-0.05, 0) is 83.3 Å². The summed E-state index contributed by atoms with van der Waals surface area (Å²) in [5.41, 5.74) is 3.54. The van der Waals surface area contributed by atoms with Gasteiger partial charge in [0.2, 0.25) is 0 Å². The van der Waals surface area contributed by atoms with Crippen LogP contribution in [0.25, 0.3) is 39.6 Å². The highest BCUT2D eigenvalue weighted by Gasteiger charge is 2.12. The predicted octanol–water partition coefficient (Wildman–Crippen LogP) is 5.66. The van der Waals surface area contributed by atoms with Crippen LogP contribution in [0.4, 0.5) is 0 Å². The largest absolute Gasteiger partial charge is 0.497 e. The third-order valence-corrected chi connectivity index (χ3v) is 6.20. The number of para-hydroxylation sites is 1. The first-order valence-corrected chi connectivity index (χ1v) is 11.2. The molecular formula is C26H20IN3O2. The summed E-state index contributed by atoms with van der Waals surface area (Å²) in [6.45, 7) is 0. The molecule has 2 heterocycles. The molecule has 0 saturated carbocycles. The Hall–Kier alpha value is -3.39. The van der Waals surface area contributed by atoms with Gasteiger partial charge in [-0.3, -0.25) is 9.36 Å². The number of nitrogens with zero attached hydrogens (tertiary/aromatic N) is 3. The molecule has 5 rings (SSSR count). The molecule has 0 atom stereocenters. The van der Waals surface area contributed by atoms with E-state index in [1.807, 2.05) is 73.8 Å². The van der Waals surface area contributed by atoms with Crippen LogP contribution in [0.2, 0.25) is 0 Å².